The van der Waals surface area contributed by atoms with Gasteiger partial charge in [-0.25, -0.2) is 9.78 Å². The molecular formula is C23H25N7O4. The molecule has 11 heteroatoms. The first-order valence-electron chi connectivity index (χ1n) is 11.0. The molecule has 1 saturated heterocycles. The number of aliphatic hydroxyl groups is 1. The minimum absolute atomic E-state index is 0.0954. The van der Waals surface area contributed by atoms with Gasteiger partial charge in [0.05, 0.1) is 6.10 Å². The van der Waals surface area contributed by atoms with Crippen molar-refractivity contribution in [3.63, 3.8) is 0 Å². The Balaban J connectivity index is 1.38. The fourth-order valence-electron chi connectivity index (χ4n) is 4.07. The summed E-state index contributed by atoms with van der Waals surface area (Å²) >= 11 is 0. The molecule has 1 aromatic carbocycles. The summed E-state index contributed by atoms with van der Waals surface area (Å²) in [6.07, 6.45) is 0.196. The molecule has 34 heavy (non-hydrogen) atoms. The van der Waals surface area contributed by atoms with Crippen molar-refractivity contribution in [2.75, 3.05) is 16.8 Å². The number of nitrogens with one attached hydrogen (secondary N) is 1. The third-order valence-electron chi connectivity index (χ3n) is 6.08. The molecule has 0 bridgehead atoms. The number of nitrogens with zero attached hydrogens (tertiary/aromatic N) is 6. The van der Waals surface area contributed by atoms with Crippen LogP contribution in [0.4, 0.5) is 16.6 Å². The number of amides is 1. The highest BCUT2D eigenvalue weighted by molar-refractivity contribution is 5.94. The van der Waals surface area contributed by atoms with Crippen LogP contribution in [0.15, 0.2) is 41.1 Å². The number of rotatable bonds is 6. The van der Waals surface area contributed by atoms with Crippen molar-refractivity contribution in [3.8, 4) is 11.4 Å². The van der Waals surface area contributed by atoms with Crippen molar-refractivity contribution in [1.82, 2.24) is 24.7 Å². The lowest BCUT2D eigenvalue weighted by molar-refractivity contribution is 0.142. The number of ether oxygens (including phenoxy) is 1. The molecule has 3 aromatic heterocycles. The number of aromatic nitrogens is 5. The Morgan fingerprint density at radius 1 is 1.24 bits per heavy atom. The van der Waals surface area contributed by atoms with Crippen LogP contribution in [0.3, 0.4) is 0 Å². The van der Waals surface area contributed by atoms with E-state index in [0.717, 1.165) is 22.2 Å². The molecule has 1 unspecified atom stereocenters. The lowest BCUT2D eigenvalue weighted by Crippen LogP contribution is -2.41. The van der Waals surface area contributed by atoms with E-state index in [2.05, 4.69) is 49.0 Å². The van der Waals surface area contributed by atoms with E-state index in [4.69, 9.17) is 9.26 Å². The summed E-state index contributed by atoms with van der Waals surface area (Å²) in [4.78, 5) is 26.7. The van der Waals surface area contributed by atoms with Crippen molar-refractivity contribution >= 4 is 28.8 Å². The lowest BCUT2D eigenvalue weighted by atomic mass is 10.1. The average Bonchev–Trinajstić information content (AvgIpc) is 3.52. The Morgan fingerprint density at radius 2 is 2.06 bits per heavy atom. The largest absolute Gasteiger partial charge is 0.447 e. The first-order chi connectivity index (χ1) is 16.3. The SMILES string of the molecule is Cc1cc2c(-c3noc([C@H](C)Nc4nccc(N5C(=O)OCC5[C@@H](C)O)n4)n3)cccc2n1C. The monoisotopic (exact) mass is 463 g/mol. The summed E-state index contributed by atoms with van der Waals surface area (Å²) in [7, 11) is 2.02. The maximum absolute atomic E-state index is 12.2. The number of anilines is 2. The van der Waals surface area contributed by atoms with Gasteiger partial charge >= 0.3 is 6.09 Å². The van der Waals surface area contributed by atoms with Crippen LogP contribution in [0, 0.1) is 6.92 Å². The fourth-order valence-corrected chi connectivity index (χ4v) is 4.07. The second-order valence-electron chi connectivity index (χ2n) is 8.40. The second-order valence-corrected chi connectivity index (χ2v) is 8.40. The first-order valence-corrected chi connectivity index (χ1v) is 11.0. The van der Waals surface area contributed by atoms with Gasteiger partial charge in [0.1, 0.15) is 24.5 Å². The number of fused-ring (bicyclic) bond motifs is 1. The molecule has 1 amide bonds. The Bertz CT molecular complexity index is 1360. The van der Waals surface area contributed by atoms with Crippen molar-refractivity contribution in [2.24, 2.45) is 7.05 Å². The summed E-state index contributed by atoms with van der Waals surface area (Å²) in [5.41, 5.74) is 3.12. The van der Waals surface area contributed by atoms with Gasteiger partial charge in [-0.1, -0.05) is 17.3 Å². The molecule has 1 aliphatic rings. The Labute approximate surface area is 195 Å². The topological polar surface area (TPSA) is 131 Å². The van der Waals surface area contributed by atoms with E-state index in [1.165, 1.54) is 11.1 Å². The van der Waals surface area contributed by atoms with Crippen LogP contribution in [-0.4, -0.2) is 54.6 Å². The maximum atomic E-state index is 12.2. The smallest absolute Gasteiger partial charge is 0.416 e. The minimum atomic E-state index is -0.772. The number of carbonyl (C=O) groups excluding carboxylic acids is 1. The highest BCUT2D eigenvalue weighted by Crippen LogP contribution is 2.30. The van der Waals surface area contributed by atoms with Crippen molar-refractivity contribution in [3.05, 3.63) is 48.1 Å². The van der Waals surface area contributed by atoms with Crippen LogP contribution >= 0.6 is 0 Å². The van der Waals surface area contributed by atoms with Gasteiger partial charge < -0.3 is 24.3 Å². The highest BCUT2D eigenvalue weighted by atomic mass is 16.6. The molecule has 3 atom stereocenters. The number of cyclic esters (lactones) is 1. The van der Waals surface area contributed by atoms with Gasteiger partial charge in [-0.3, -0.25) is 4.90 Å². The molecule has 0 aliphatic carbocycles. The predicted molar refractivity (Wildman–Crippen MR) is 124 cm³/mol. The van der Waals surface area contributed by atoms with Crippen LogP contribution in [0.25, 0.3) is 22.3 Å². The third kappa shape index (κ3) is 3.73. The minimum Gasteiger partial charge on any atom is -0.447 e. The Kier molecular flexibility index (Phi) is 5.40. The summed E-state index contributed by atoms with van der Waals surface area (Å²) in [5.74, 6) is 1.47. The maximum Gasteiger partial charge on any atom is 0.416 e. The Hall–Kier alpha value is -3.99. The van der Waals surface area contributed by atoms with E-state index >= 15 is 0 Å². The van der Waals surface area contributed by atoms with Gasteiger partial charge in [0, 0.05) is 35.4 Å². The van der Waals surface area contributed by atoms with Crippen LogP contribution < -0.4 is 10.2 Å². The molecule has 4 aromatic rings. The van der Waals surface area contributed by atoms with Crippen molar-refractivity contribution < 1.29 is 19.2 Å². The molecule has 11 nitrogen and oxygen atoms in total. The fraction of sp³-hybridized carbons (Fsp3) is 0.348. The van der Waals surface area contributed by atoms with E-state index in [-0.39, 0.29) is 12.6 Å². The van der Waals surface area contributed by atoms with Gasteiger partial charge in [0.2, 0.25) is 17.7 Å². The number of carbonyl (C=O) groups is 1. The Morgan fingerprint density at radius 3 is 2.85 bits per heavy atom. The summed E-state index contributed by atoms with van der Waals surface area (Å²) < 4.78 is 12.7. The number of benzene rings is 1. The van der Waals surface area contributed by atoms with Crippen LogP contribution in [-0.2, 0) is 11.8 Å². The van der Waals surface area contributed by atoms with E-state index in [1.807, 2.05) is 26.1 Å². The summed E-state index contributed by atoms with van der Waals surface area (Å²) in [6.45, 7) is 5.60. The quantitative estimate of drug-likeness (QED) is 0.442. The van der Waals surface area contributed by atoms with Crippen LogP contribution in [0.5, 0.6) is 0 Å². The zero-order valence-electron chi connectivity index (χ0n) is 19.3. The van der Waals surface area contributed by atoms with Gasteiger partial charge in [0.25, 0.3) is 0 Å². The number of aryl methyl sites for hydroxylation is 2. The van der Waals surface area contributed by atoms with Gasteiger partial charge in [-0.2, -0.15) is 9.97 Å². The molecule has 0 radical (unpaired) electrons. The molecule has 176 valence electrons. The molecule has 5 rings (SSSR count). The molecular weight excluding hydrogens is 438 g/mol. The molecule has 4 heterocycles. The van der Waals surface area contributed by atoms with Crippen molar-refractivity contribution in [2.45, 2.75) is 39.0 Å². The van der Waals surface area contributed by atoms with Gasteiger partial charge in [-0.15, -0.1) is 0 Å². The molecule has 0 spiro atoms. The number of hydrogen-bond acceptors (Lipinski definition) is 9. The van der Waals surface area contributed by atoms with Gasteiger partial charge in [0.15, 0.2) is 0 Å². The zero-order valence-corrected chi connectivity index (χ0v) is 19.3. The first kappa shape index (κ1) is 21.8. The highest BCUT2D eigenvalue weighted by Gasteiger charge is 2.38. The molecule has 0 saturated carbocycles. The summed E-state index contributed by atoms with van der Waals surface area (Å²) in [5, 5.41) is 18.4. The standard InChI is InChI=1S/C23H25N7O4/c1-12-10-16-15(6-5-7-17(16)29(12)4)20-27-21(34-28-20)13(2)25-22-24-9-8-19(26-22)30-18(14(3)31)11-33-23(30)32/h5-10,13-14,18,31H,11H2,1-4H3,(H,24,25,26)/t13-,14+,18?/m0/s1. The third-order valence-corrected chi connectivity index (χ3v) is 6.08. The predicted octanol–water partition coefficient (Wildman–Crippen LogP) is 3.21. The van der Waals surface area contributed by atoms with Crippen molar-refractivity contribution in [1.29, 1.82) is 0 Å². The summed E-state index contributed by atoms with van der Waals surface area (Å²) in [6, 6.07) is 8.77. The normalized spacial score (nSPS) is 17.7. The van der Waals surface area contributed by atoms with Crippen LogP contribution in [0.1, 0.15) is 31.5 Å². The van der Waals surface area contributed by atoms with Gasteiger partial charge in [-0.05, 0) is 39.0 Å². The zero-order chi connectivity index (χ0) is 24.0. The molecule has 1 aliphatic heterocycles. The number of aliphatic hydroxyl groups excluding tert-OH is 1. The lowest BCUT2D eigenvalue weighted by Gasteiger charge is -2.22. The van der Waals surface area contributed by atoms with Crippen LogP contribution in [0.2, 0.25) is 0 Å². The van der Waals surface area contributed by atoms with E-state index in [9.17, 15) is 9.90 Å². The van der Waals surface area contributed by atoms with E-state index < -0.39 is 24.3 Å². The second kappa shape index (κ2) is 8.41. The number of hydrogen-bond donors (Lipinski definition) is 2. The molecule has 1 fully saturated rings. The average molecular weight is 463 g/mol. The van der Waals surface area contributed by atoms with E-state index in [1.54, 1.807) is 13.0 Å². The van der Waals surface area contributed by atoms with E-state index in [0.29, 0.717) is 17.5 Å². The molecule has 2 N–H and O–H groups in total.